The largest absolute Gasteiger partial charge is 0.480 e. The molecule has 2 N–H and O–H groups in total. The first kappa shape index (κ1) is 13.8. The zero-order valence-electron chi connectivity index (χ0n) is 11.1. The average molecular weight is 268 g/mol. The van der Waals surface area contributed by atoms with Gasteiger partial charge in [-0.3, -0.25) is 9.59 Å². The molecule has 0 bridgehead atoms. The number of aliphatic carboxylic acids is 1. The van der Waals surface area contributed by atoms with Crippen molar-refractivity contribution in [1.82, 2.24) is 10.2 Å². The molecule has 2 fully saturated rings. The summed E-state index contributed by atoms with van der Waals surface area (Å²) >= 11 is 0. The first-order valence-corrected chi connectivity index (χ1v) is 6.81. The van der Waals surface area contributed by atoms with E-state index in [0.29, 0.717) is 25.9 Å². The molecule has 2 rings (SSSR count). The van der Waals surface area contributed by atoms with Gasteiger partial charge in [0.05, 0.1) is 5.92 Å². The number of rotatable bonds is 4. The number of nitrogens with one attached hydrogen (secondary N) is 1. The van der Waals surface area contributed by atoms with Gasteiger partial charge in [0.25, 0.3) is 0 Å². The summed E-state index contributed by atoms with van der Waals surface area (Å²) < 4.78 is 0. The SMILES string of the molecule is CCN1CC(C(=O)NC2(C(=O)O)CCCC2)CC1=O. The summed E-state index contributed by atoms with van der Waals surface area (Å²) in [5.74, 6) is -1.70. The van der Waals surface area contributed by atoms with Crippen LogP contribution in [-0.4, -0.2) is 46.4 Å². The maximum atomic E-state index is 12.2. The van der Waals surface area contributed by atoms with Crippen molar-refractivity contribution in [2.75, 3.05) is 13.1 Å². The van der Waals surface area contributed by atoms with Crippen LogP contribution in [0.5, 0.6) is 0 Å². The second kappa shape index (κ2) is 5.19. The minimum Gasteiger partial charge on any atom is -0.480 e. The highest BCUT2D eigenvalue weighted by atomic mass is 16.4. The lowest BCUT2D eigenvalue weighted by Gasteiger charge is -2.26. The third kappa shape index (κ3) is 2.57. The van der Waals surface area contributed by atoms with Crippen LogP contribution in [0.4, 0.5) is 0 Å². The van der Waals surface area contributed by atoms with Crippen molar-refractivity contribution in [3.8, 4) is 0 Å². The summed E-state index contributed by atoms with van der Waals surface area (Å²) in [6, 6.07) is 0. The Morgan fingerprint density at radius 1 is 1.42 bits per heavy atom. The second-order valence-electron chi connectivity index (χ2n) is 5.42. The minimum atomic E-state index is -1.11. The Bertz CT molecular complexity index is 401. The highest BCUT2D eigenvalue weighted by molar-refractivity contribution is 5.92. The molecule has 106 valence electrons. The van der Waals surface area contributed by atoms with Crippen molar-refractivity contribution in [3.63, 3.8) is 0 Å². The molecule has 0 aromatic heterocycles. The third-order valence-corrected chi connectivity index (χ3v) is 4.20. The molecule has 1 atom stereocenters. The number of carbonyl (C=O) groups excluding carboxylic acids is 2. The molecule has 6 nitrogen and oxygen atoms in total. The number of carbonyl (C=O) groups is 3. The quantitative estimate of drug-likeness (QED) is 0.771. The molecule has 1 aliphatic carbocycles. The second-order valence-corrected chi connectivity index (χ2v) is 5.42. The molecule has 1 unspecified atom stereocenters. The summed E-state index contributed by atoms with van der Waals surface area (Å²) in [5, 5.41) is 12.0. The summed E-state index contributed by atoms with van der Waals surface area (Å²) in [7, 11) is 0. The van der Waals surface area contributed by atoms with Gasteiger partial charge < -0.3 is 15.3 Å². The lowest BCUT2D eigenvalue weighted by molar-refractivity contribution is -0.148. The van der Waals surface area contributed by atoms with Crippen LogP contribution >= 0.6 is 0 Å². The van der Waals surface area contributed by atoms with Gasteiger partial charge in [0, 0.05) is 19.5 Å². The number of nitrogens with zero attached hydrogens (tertiary/aromatic N) is 1. The van der Waals surface area contributed by atoms with Crippen LogP contribution in [0.1, 0.15) is 39.0 Å². The Morgan fingerprint density at radius 2 is 2.05 bits per heavy atom. The van der Waals surface area contributed by atoms with Gasteiger partial charge in [0.1, 0.15) is 5.54 Å². The summed E-state index contributed by atoms with van der Waals surface area (Å²) in [4.78, 5) is 36.8. The van der Waals surface area contributed by atoms with E-state index in [-0.39, 0.29) is 18.2 Å². The van der Waals surface area contributed by atoms with E-state index in [1.165, 1.54) is 0 Å². The first-order valence-electron chi connectivity index (χ1n) is 6.81. The molecule has 1 saturated carbocycles. The smallest absolute Gasteiger partial charge is 0.329 e. The molecule has 1 heterocycles. The maximum absolute atomic E-state index is 12.2. The fraction of sp³-hybridized carbons (Fsp3) is 0.769. The minimum absolute atomic E-state index is 0.0292. The van der Waals surface area contributed by atoms with E-state index < -0.39 is 17.4 Å². The van der Waals surface area contributed by atoms with Crippen molar-refractivity contribution in [2.45, 2.75) is 44.6 Å². The molecule has 0 radical (unpaired) electrons. The summed E-state index contributed by atoms with van der Waals surface area (Å²) in [6.45, 7) is 2.86. The number of likely N-dealkylation sites (tertiary alicyclic amines) is 1. The zero-order valence-corrected chi connectivity index (χ0v) is 11.1. The molecule has 0 aromatic carbocycles. The molecule has 6 heteroatoms. The molecular weight excluding hydrogens is 248 g/mol. The topological polar surface area (TPSA) is 86.7 Å². The molecule has 19 heavy (non-hydrogen) atoms. The predicted octanol–water partition coefficient (Wildman–Crippen LogP) is 0.368. The highest BCUT2D eigenvalue weighted by Gasteiger charge is 2.45. The van der Waals surface area contributed by atoms with Gasteiger partial charge >= 0.3 is 5.97 Å². The van der Waals surface area contributed by atoms with Crippen molar-refractivity contribution >= 4 is 17.8 Å². The first-order chi connectivity index (χ1) is 8.98. The predicted molar refractivity (Wildman–Crippen MR) is 67.3 cm³/mol. The maximum Gasteiger partial charge on any atom is 0.329 e. The van der Waals surface area contributed by atoms with Crippen molar-refractivity contribution < 1.29 is 19.5 Å². The Kier molecular flexibility index (Phi) is 3.78. The summed E-state index contributed by atoms with van der Waals surface area (Å²) in [6.07, 6.45) is 2.78. The number of amides is 2. The van der Waals surface area contributed by atoms with Crippen LogP contribution < -0.4 is 5.32 Å². The third-order valence-electron chi connectivity index (χ3n) is 4.20. The van der Waals surface area contributed by atoms with E-state index in [1.54, 1.807) is 4.90 Å². The number of carboxylic acids is 1. The lowest BCUT2D eigenvalue weighted by Crippen LogP contribution is -2.54. The van der Waals surface area contributed by atoms with Crippen LogP contribution in [0.2, 0.25) is 0 Å². The van der Waals surface area contributed by atoms with E-state index >= 15 is 0 Å². The fourth-order valence-electron chi connectivity index (χ4n) is 2.96. The number of carboxylic acid groups (broad SMARTS) is 1. The average Bonchev–Trinajstić information content (AvgIpc) is 2.96. The summed E-state index contributed by atoms with van der Waals surface area (Å²) in [5.41, 5.74) is -1.11. The fourth-order valence-corrected chi connectivity index (χ4v) is 2.96. The lowest BCUT2D eigenvalue weighted by atomic mass is 9.96. The molecular formula is C13H20N2O4. The normalized spacial score (nSPS) is 25.6. The van der Waals surface area contributed by atoms with Crippen molar-refractivity contribution in [1.29, 1.82) is 0 Å². The van der Waals surface area contributed by atoms with E-state index in [0.717, 1.165) is 12.8 Å². The number of hydrogen-bond donors (Lipinski definition) is 2. The van der Waals surface area contributed by atoms with Crippen molar-refractivity contribution in [3.05, 3.63) is 0 Å². The highest BCUT2D eigenvalue weighted by Crippen LogP contribution is 2.31. The van der Waals surface area contributed by atoms with Gasteiger partial charge in [-0.15, -0.1) is 0 Å². The molecule has 2 amide bonds. The van der Waals surface area contributed by atoms with Crippen LogP contribution in [0.15, 0.2) is 0 Å². The Morgan fingerprint density at radius 3 is 2.53 bits per heavy atom. The van der Waals surface area contributed by atoms with Gasteiger partial charge in [-0.25, -0.2) is 4.79 Å². The van der Waals surface area contributed by atoms with E-state index in [4.69, 9.17) is 0 Å². The Hall–Kier alpha value is -1.59. The van der Waals surface area contributed by atoms with E-state index in [1.807, 2.05) is 6.92 Å². The van der Waals surface area contributed by atoms with Gasteiger partial charge in [0.15, 0.2) is 0 Å². The Balaban J connectivity index is 2.01. The van der Waals surface area contributed by atoms with Gasteiger partial charge in [-0.2, -0.15) is 0 Å². The van der Waals surface area contributed by atoms with Gasteiger partial charge in [-0.1, -0.05) is 12.8 Å². The molecule has 1 saturated heterocycles. The van der Waals surface area contributed by atoms with Gasteiger partial charge in [0.2, 0.25) is 11.8 Å². The van der Waals surface area contributed by atoms with Gasteiger partial charge in [-0.05, 0) is 19.8 Å². The zero-order chi connectivity index (χ0) is 14.0. The Labute approximate surface area is 112 Å². The number of hydrogen-bond acceptors (Lipinski definition) is 3. The monoisotopic (exact) mass is 268 g/mol. The van der Waals surface area contributed by atoms with Crippen LogP contribution in [0, 0.1) is 5.92 Å². The standard InChI is InChI=1S/C13H20N2O4/c1-2-15-8-9(7-10(15)16)11(17)14-13(12(18)19)5-3-4-6-13/h9H,2-8H2,1H3,(H,14,17)(H,18,19). The van der Waals surface area contributed by atoms with Crippen LogP contribution in [-0.2, 0) is 14.4 Å². The molecule has 1 aliphatic heterocycles. The van der Waals surface area contributed by atoms with Crippen LogP contribution in [0.3, 0.4) is 0 Å². The molecule has 2 aliphatic rings. The van der Waals surface area contributed by atoms with Crippen molar-refractivity contribution in [2.24, 2.45) is 5.92 Å². The van der Waals surface area contributed by atoms with Crippen LogP contribution in [0.25, 0.3) is 0 Å². The molecule has 0 aromatic rings. The van der Waals surface area contributed by atoms with E-state index in [9.17, 15) is 19.5 Å². The molecule has 0 spiro atoms. The van der Waals surface area contributed by atoms with E-state index in [2.05, 4.69) is 5.32 Å².